The van der Waals surface area contributed by atoms with Gasteiger partial charge >= 0.3 is 12.1 Å². The second kappa shape index (κ2) is 10.00. The summed E-state index contributed by atoms with van der Waals surface area (Å²) in [6.45, 7) is 2.18. The highest BCUT2D eigenvalue weighted by atomic mass is 19.4. The Morgan fingerprint density at radius 1 is 0.875 bits per heavy atom. The first-order valence-electron chi connectivity index (χ1n) is 9.81. The molecule has 0 aromatic heterocycles. The smallest absolute Gasteiger partial charge is 0.416 e. The molecule has 0 fully saturated rings. The van der Waals surface area contributed by atoms with Gasteiger partial charge < -0.3 is 14.8 Å². The zero-order chi connectivity index (χ0) is 23.1. The molecule has 1 amide bonds. The Hall–Kier alpha value is -3.81. The minimum Gasteiger partial charge on any atom is -0.488 e. The lowest BCUT2D eigenvalue weighted by Crippen LogP contribution is -2.15. The standard InChI is InChI=1S/C24H20F3NO4/c1-2-15-31-21-19(28-22(29)16-11-13-18(14-12-16)24(25,26)27)9-6-10-20(21)32-23(30)17-7-4-3-5-8-17/h3-14H,2,15H2,1H3,(H,28,29). The van der Waals surface area contributed by atoms with Crippen LogP contribution >= 0.6 is 0 Å². The maximum Gasteiger partial charge on any atom is 0.416 e. The first-order valence-corrected chi connectivity index (χ1v) is 9.81. The van der Waals surface area contributed by atoms with Crippen LogP contribution in [0.3, 0.4) is 0 Å². The number of carbonyl (C=O) groups is 2. The van der Waals surface area contributed by atoms with E-state index in [1.807, 2.05) is 6.92 Å². The van der Waals surface area contributed by atoms with Crippen LogP contribution in [0.4, 0.5) is 18.9 Å². The normalized spacial score (nSPS) is 11.0. The van der Waals surface area contributed by atoms with Gasteiger partial charge in [-0.3, -0.25) is 4.79 Å². The number of amides is 1. The summed E-state index contributed by atoms with van der Waals surface area (Å²) in [5.74, 6) is -0.971. The fourth-order valence-corrected chi connectivity index (χ4v) is 2.79. The summed E-state index contributed by atoms with van der Waals surface area (Å²) >= 11 is 0. The highest BCUT2D eigenvalue weighted by Crippen LogP contribution is 2.36. The molecule has 5 nitrogen and oxygen atoms in total. The number of para-hydroxylation sites is 1. The third kappa shape index (κ3) is 5.66. The van der Waals surface area contributed by atoms with Gasteiger partial charge in [-0.25, -0.2) is 4.79 Å². The van der Waals surface area contributed by atoms with E-state index in [1.165, 1.54) is 6.07 Å². The van der Waals surface area contributed by atoms with Gasteiger partial charge in [-0.2, -0.15) is 13.2 Å². The van der Waals surface area contributed by atoms with E-state index in [1.54, 1.807) is 42.5 Å². The first kappa shape index (κ1) is 22.9. The Morgan fingerprint density at radius 3 is 2.19 bits per heavy atom. The van der Waals surface area contributed by atoms with E-state index in [4.69, 9.17) is 9.47 Å². The van der Waals surface area contributed by atoms with Crippen LogP contribution in [0.25, 0.3) is 0 Å². The molecule has 0 aliphatic heterocycles. The summed E-state index contributed by atoms with van der Waals surface area (Å²) in [6, 6.07) is 16.9. The molecule has 0 aliphatic rings. The summed E-state index contributed by atoms with van der Waals surface area (Å²) in [6.07, 6.45) is -3.83. The van der Waals surface area contributed by atoms with Crippen LogP contribution in [0.5, 0.6) is 11.5 Å². The largest absolute Gasteiger partial charge is 0.488 e. The molecule has 0 spiro atoms. The van der Waals surface area contributed by atoms with Crippen molar-refractivity contribution in [2.24, 2.45) is 0 Å². The van der Waals surface area contributed by atoms with E-state index in [-0.39, 0.29) is 22.7 Å². The molecule has 0 bridgehead atoms. The van der Waals surface area contributed by atoms with Crippen molar-refractivity contribution in [3.8, 4) is 11.5 Å². The van der Waals surface area contributed by atoms with Crippen molar-refractivity contribution in [2.75, 3.05) is 11.9 Å². The Labute approximate surface area is 182 Å². The molecule has 0 atom stereocenters. The predicted molar refractivity (Wildman–Crippen MR) is 113 cm³/mol. The van der Waals surface area contributed by atoms with Gasteiger partial charge in [-0.1, -0.05) is 31.2 Å². The second-order valence-corrected chi connectivity index (χ2v) is 6.77. The number of alkyl halides is 3. The van der Waals surface area contributed by atoms with E-state index in [0.29, 0.717) is 18.6 Å². The molecular weight excluding hydrogens is 423 g/mol. The minimum absolute atomic E-state index is 0.0334. The summed E-state index contributed by atoms with van der Waals surface area (Å²) in [5.41, 5.74) is -0.253. The predicted octanol–water partition coefficient (Wildman–Crippen LogP) is 5.97. The Balaban J connectivity index is 1.84. The lowest BCUT2D eigenvalue weighted by Gasteiger charge is -2.16. The molecule has 3 aromatic rings. The topological polar surface area (TPSA) is 64.6 Å². The number of esters is 1. The van der Waals surface area contributed by atoms with Crippen LogP contribution in [-0.2, 0) is 6.18 Å². The second-order valence-electron chi connectivity index (χ2n) is 6.77. The minimum atomic E-state index is -4.49. The van der Waals surface area contributed by atoms with Crippen molar-refractivity contribution in [1.82, 2.24) is 0 Å². The highest BCUT2D eigenvalue weighted by Gasteiger charge is 2.30. The SMILES string of the molecule is CCCOc1c(NC(=O)c2ccc(C(F)(F)F)cc2)cccc1OC(=O)c1ccccc1. The summed E-state index contributed by atoms with van der Waals surface area (Å²) in [7, 11) is 0. The lowest BCUT2D eigenvalue weighted by atomic mass is 10.1. The van der Waals surface area contributed by atoms with Gasteiger partial charge in [0.2, 0.25) is 0 Å². The number of anilines is 1. The maximum atomic E-state index is 12.8. The van der Waals surface area contributed by atoms with Gasteiger partial charge in [0.1, 0.15) is 0 Å². The van der Waals surface area contributed by atoms with Crippen LogP contribution < -0.4 is 14.8 Å². The van der Waals surface area contributed by atoms with Gasteiger partial charge in [0, 0.05) is 5.56 Å². The monoisotopic (exact) mass is 443 g/mol. The van der Waals surface area contributed by atoms with E-state index in [9.17, 15) is 22.8 Å². The van der Waals surface area contributed by atoms with E-state index >= 15 is 0 Å². The molecule has 0 heterocycles. The van der Waals surface area contributed by atoms with Crippen LogP contribution in [0.15, 0.2) is 72.8 Å². The van der Waals surface area contributed by atoms with Crippen molar-refractivity contribution in [3.05, 3.63) is 89.5 Å². The van der Waals surface area contributed by atoms with Gasteiger partial charge in [-0.15, -0.1) is 0 Å². The highest BCUT2D eigenvalue weighted by molar-refractivity contribution is 6.05. The molecule has 3 aromatic carbocycles. The molecular formula is C24H20F3NO4. The molecule has 0 aliphatic carbocycles. The van der Waals surface area contributed by atoms with E-state index in [2.05, 4.69) is 5.32 Å². The van der Waals surface area contributed by atoms with Crippen LogP contribution in [0.2, 0.25) is 0 Å². The Morgan fingerprint density at radius 2 is 1.56 bits per heavy atom. The molecule has 166 valence electrons. The maximum absolute atomic E-state index is 12.8. The number of benzene rings is 3. The fraction of sp³-hybridized carbons (Fsp3) is 0.167. The average Bonchev–Trinajstić information content (AvgIpc) is 2.78. The number of halogens is 3. The van der Waals surface area contributed by atoms with Crippen molar-refractivity contribution >= 4 is 17.6 Å². The number of rotatable bonds is 7. The number of ether oxygens (including phenoxy) is 2. The van der Waals surface area contributed by atoms with E-state index < -0.39 is 23.6 Å². The molecule has 0 saturated heterocycles. The molecule has 8 heteroatoms. The van der Waals surface area contributed by atoms with Crippen LogP contribution in [0.1, 0.15) is 39.6 Å². The number of nitrogens with one attached hydrogen (secondary N) is 1. The molecule has 3 rings (SSSR count). The van der Waals surface area contributed by atoms with Crippen molar-refractivity contribution < 1.29 is 32.2 Å². The van der Waals surface area contributed by atoms with Gasteiger partial charge in [-0.05, 0) is 55.0 Å². The van der Waals surface area contributed by atoms with Crippen molar-refractivity contribution in [2.45, 2.75) is 19.5 Å². The van der Waals surface area contributed by atoms with Crippen molar-refractivity contribution in [1.29, 1.82) is 0 Å². The summed E-state index contributed by atoms with van der Waals surface area (Å²) < 4.78 is 49.4. The number of hydrogen-bond donors (Lipinski definition) is 1. The first-order chi connectivity index (χ1) is 15.3. The van der Waals surface area contributed by atoms with Crippen LogP contribution in [-0.4, -0.2) is 18.5 Å². The van der Waals surface area contributed by atoms with Gasteiger partial charge in [0.05, 0.1) is 23.4 Å². The third-order valence-corrected chi connectivity index (χ3v) is 4.36. The lowest BCUT2D eigenvalue weighted by molar-refractivity contribution is -0.137. The number of hydrogen-bond acceptors (Lipinski definition) is 4. The van der Waals surface area contributed by atoms with Gasteiger partial charge in [0.25, 0.3) is 5.91 Å². The van der Waals surface area contributed by atoms with Crippen molar-refractivity contribution in [3.63, 3.8) is 0 Å². The molecule has 1 N–H and O–H groups in total. The van der Waals surface area contributed by atoms with Gasteiger partial charge in [0.15, 0.2) is 11.5 Å². The quantitative estimate of drug-likeness (QED) is 0.361. The average molecular weight is 443 g/mol. The molecule has 0 unspecified atom stereocenters. The fourth-order valence-electron chi connectivity index (χ4n) is 2.79. The molecule has 0 saturated carbocycles. The third-order valence-electron chi connectivity index (χ3n) is 4.36. The Kier molecular flexibility index (Phi) is 7.14. The molecule has 32 heavy (non-hydrogen) atoms. The zero-order valence-electron chi connectivity index (χ0n) is 17.1. The van der Waals surface area contributed by atoms with E-state index in [0.717, 1.165) is 24.3 Å². The summed E-state index contributed by atoms with van der Waals surface area (Å²) in [4.78, 5) is 25.1. The summed E-state index contributed by atoms with van der Waals surface area (Å²) in [5, 5.41) is 2.61. The van der Waals surface area contributed by atoms with Crippen LogP contribution in [0, 0.1) is 0 Å². The molecule has 0 radical (unpaired) electrons. The number of carbonyl (C=O) groups excluding carboxylic acids is 2. The zero-order valence-corrected chi connectivity index (χ0v) is 17.1. The Bertz CT molecular complexity index is 1080.